The van der Waals surface area contributed by atoms with Crippen molar-refractivity contribution >= 4 is 22.3 Å². The van der Waals surface area contributed by atoms with Gasteiger partial charge in [0.25, 0.3) is 0 Å². The molecule has 0 unspecified atom stereocenters. The molecule has 1 aliphatic carbocycles. The Morgan fingerprint density at radius 2 is 1.77 bits per heavy atom. The fourth-order valence-electron chi connectivity index (χ4n) is 3.37. The molecule has 0 bridgehead atoms. The molecule has 0 aliphatic heterocycles. The van der Waals surface area contributed by atoms with Crippen LogP contribution < -0.4 is 5.32 Å². The maximum atomic E-state index is 4.91. The highest BCUT2D eigenvalue weighted by Crippen LogP contribution is 2.36. The average molecular weight is 288 g/mol. The zero-order chi connectivity index (χ0) is 14.9. The number of anilines is 2. The quantitative estimate of drug-likeness (QED) is 0.709. The van der Waals surface area contributed by atoms with Crippen molar-refractivity contribution in [3.05, 3.63) is 65.9 Å². The van der Waals surface area contributed by atoms with E-state index in [0.29, 0.717) is 0 Å². The third-order valence-corrected chi connectivity index (χ3v) is 4.55. The summed E-state index contributed by atoms with van der Waals surface area (Å²) in [6.07, 6.45) is 3.44. The van der Waals surface area contributed by atoms with Crippen LogP contribution in [0.3, 0.4) is 0 Å². The van der Waals surface area contributed by atoms with Gasteiger partial charge in [-0.3, -0.25) is 4.98 Å². The summed E-state index contributed by atoms with van der Waals surface area (Å²) in [4.78, 5) is 4.91. The van der Waals surface area contributed by atoms with Gasteiger partial charge in [0, 0.05) is 16.8 Å². The first-order valence-electron chi connectivity index (χ1n) is 8.04. The Morgan fingerprint density at radius 3 is 2.64 bits per heavy atom. The molecule has 1 aromatic heterocycles. The van der Waals surface area contributed by atoms with Gasteiger partial charge >= 0.3 is 0 Å². The van der Waals surface area contributed by atoms with Crippen LogP contribution in [0.1, 0.15) is 24.6 Å². The Hall–Kier alpha value is -2.35. The molecule has 110 valence electrons. The maximum absolute atomic E-state index is 4.91. The van der Waals surface area contributed by atoms with Gasteiger partial charge in [0.1, 0.15) is 0 Å². The highest BCUT2D eigenvalue weighted by Gasteiger charge is 2.21. The number of aryl methyl sites for hydroxylation is 1. The van der Waals surface area contributed by atoms with Gasteiger partial charge in [-0.15, -0.1) is 0 Å². The van der Waals surface area contributed by atoms with Gasteiger partial charge < -0.3 is 5.32 Å². The highest BCUT2D eigenvalue weighted by molar-refractivity contribution is 5.95. The van der Waals surface area contributed by atoms with Crippen LogP contribution in [0.2, 0.25) is 0 Å². The third kappa shape index (κ3) is 2.35. The first-order valence-corrected chi connectivity index (χ1v) is 8.04. The summed E-state index contributed by atoms with van der Waals surface area (Å²) < 4.78 is 0. The second kappa shape index (κ2) is 5.45. The number of hydrogen-bond donors (Lipinski definition) is 1. The lowest BCUT2D eigenvalue weighted by Crippen LogP contribution is -2.15. The SMILES string of the molecule is C[C@H]1CCc2nc3ccccc3c(Nc3ccccc3)c2C1. The predicted molar refractivity (Wildman–Crippen MR) is 92.7 cm³/mol. The zero-order valence-electron chi connectivity index (χ0n) is 12.8. The summed E-state index contributed by atoms with van der Waals surface area (Å²) >= 11 is 0. The van der Waals surface area contributed by atoms with Crippen molar-refractivity contribution in [1.82, 2.24) is 4.98 Å². The summed E-state index contributed by atoms with van der Waals surface area (Å²) in [6, 6.07) is 18.9. The van der Waals surface area contributed by atoms with Crippen molar-refractivity contribution in [1.29, 1.82) is 0 Å². The van der Waals surface area contributed by atoms with Crippen LogP contribution >= 0.6 is 0 Å². The Balaban J connectivity index is 1.91. The molecule has 2 nitrogen and oxygen atoms in total. The lowest BCUT2D eigenvalue weighted by atomic mass is 9.86. The van der Waals surface area contributed by atoms with Crippen LogP contribution in [-0.2, 0) is 12.8 Å². The minimum atomic E-state index is 0.729. The van der Waals surface area contributed by atoms with Crippen LogP contribution in [0.15, 0.2) is 54.6 Å². The first kappa shape index (κ1) is 13.3. The molecular weight excluding hydrogens is 268 g/mol. The van der Waals surface area contributed by atoms with E-state index in [1.165, 1.54) is 28.8 Å². The molecule has 0 saturated heterocycles. The molecule has 0 fully saturated rings. The molecule has 0 radical (unpaired) electrons. The van der Waals surface area contributed by atoms with Crippen molar-refractivity contribution in [2.75, 3.05) is 5.32 Å². The summed E-state index contributed by atoms with van der Waals surface area (Å²) in [5.74, 6) is 0.729. The van der Waals surface area contributed by atoms with E-state index in [1.54, 1.807) is 0 Å². The number of benzene rings is 2. The Kier molecular flexibility index (Phi) is 3.30. The molecule has 1 aliphatic rings. The number of hydrogen-bond acceptors (Lipinski definition) is 2. The minimum Gasteiger partial charge on any atom is -0.355 e. The lowest BCUT2D eigenvalue weighted by Gasteiger charge is -2.25. The molecule has 1 atom stereocenters. The number of para-hydroxylation sites is 2. The van der Waals surface area contributed by atoms with Crippen LogP contribution in [0.4, 0.5) is 11.4 Å². The van der Waals surface area contributed by atoms with Crippen molar-refractivity contribution in [3.8, 4) is 0 Å². The number of nitrogens with one attached hydrogen (secondary N) is 1. The standard InChI is InChI=1S/C20H20N2/c1-14-11-12-19-17(13-14)20(21-15-7-3-2-4-8-15)16-9-5-6-10-18(16)22-19/h2-10,14H,11-13H2,1H3,(H,21,22)/t14-/m0/s1. The Bertz CT molecular complexity index is 809. The van der Waals surface area contributed by atoms with E-state index in [-0.39, 0.29) is 0 Å². The molecule has 2 aromatic carbocycles. The fraction of sp³-hybridized carbons (Fsp3) is 0.250. The molecule has 0 saturated carbocycles. The Labute approximate surface area is 131 Å². The molecule has 0 amide bonds. The van der Waals surface area contributed by atoms with Crippen LogP contribution in [0.25, 0.3) is 10.9 Å². The summed E-state index contributed by atoms with van der Waals surface area (Å²) in [7, 11) is 0. The topological polar surface area (TPSA) is 24.9 Å². The maximum Gasteiger partial charge on any atom is 0.0726 e. The van der Waals surface area contributed by atoms with Gasteiger partial charge in [0.05, 0.1) is 11.2 Å². The molecule has 22 heavy (non-hydrogen) atoms. The van der Waals surface area contributed by atoms with E-state index in [0.717, 1.165) is 30.0 Å². The molecule has 2 heteroatoms. The van der Waals surface area contributed by atoms with E-state index in [2.05, 4.69) is 60.8 Å². The number of fused-ring (bicyclic) bond motifs is 2. The molecule has 1 heterocycles. The number of nitrogens with zero attached hydrogens (tertiary/aromatic N) is 1. The molecular formula is C20H20N2. The fourth-order valence-corrected chi connectivity index (χ4v) is 3.37. The van der Waals surface area contributed by atoms with E-state index < -0.39 is 0 Å². The molecule has 0 spiro atoms. The van der Waals surface area contributed by atoms with Crippen LogP contribution in [0, 0.1) is 5.92 Å². The molecule has 3 aromatic rings. The first-order chi connectivity index (χ1) is 10.8. The normalized spacial score (nSPS) is 17.2. The Morgan fingerprint density at radius 1 is 1.00 bits per heavy atom. The zero-order valence-corrected chi connectivity index (χ0v) is 12.8. The molecule has 4 rings (SSSR count). The van der Waals surface area contributed by atoms with Gasteiger partial charge in [0.15, 0.2) is 0 Å². The predicted octanol–water partition coefficient (Wildman–Crippen LogP) is 5.10. The van der Waals surface area contributed by atoms with Crippen LogP contribution in [0.5, 0.6) is 0 Å². The number of rotatable bonds is 2. The number of pyridine rings is 1. The van der Waals surface area contributed by atoms with Gasteiger partial charge in [-0.05, 0) is 48.9 Å². The average Bonchev–Trinajstić information content (AvgIpc) is 2.56. The van der Waals surface area contributed by atoms with E-state index in [1.807, 2.05) is 6.07 Å². The molecule has 1 N–H and O–H groups in total. The lowest BCUT2D eigenvalue weighted by molar-refractivity contribution is 0.496. The summed E-state index contributed by atoms with van der Waals surface area (Å²) in [5, 5.41) is 4.88. The number of aromatic nitrogens is 1. The van der Waals surface area contributed by atoms with Gasteiger partial charge in [-0.1, -0.05) is 43.3 Å². The smallest absolute Gasteiger partial charge is 0.0726 e. The highest BCUT2D eigenvalue weighted by atomic mass is 14.9. The summed E-state index contributed by atoms with van der Waals surface area (Å²) in [6.45, 7) is 2.34. The van der Waals surface area contributed by atoms with Crippen molar-refractivity contribution in [2.24, 2.45) is 5.92 Å². The monoisotopic (exact) mass is 288 g/mol. The third-order valence-electron chi connectivity index (χ3n) is 4.55. The van der Waals surface area contributed by atoms with Gasteiger partial charge in [-0.25, -0.2) is 0 Å². The van der Waals surface area contributed by atoms with Crippen molar-refractivity contribution in [2.45, 2.75) is 26.2 Å². The minimum absolute atomic E-state index is 0.729. The largest absolute Gasteiger partial charge is 0.355 e. The van der Waals surface area contributed by atoms with Gasteiger partial charge in [0.2, 0.25) is 0 Å². The second-order valence-electron chi connectivity index (χ2n) is 6.27. The van der Waals surface area contributed by atoms with E-state index in [9.17, 15) is 0 Å². The van der Waals surface area contributed by atoms with E-state index in [4.69, 9.17) is 4.98 Å². The summed E-state index contributed by atoms with van der Waals surface area (Å²) in [5.41, 5.74) is 6.16. The van der Waals surface area contributed by atoms with Crippen LogP contribution in [-0.4, -0.2) is 4.98 Å². The van der Waals surface area contributed by atoms with Gasteiger partial charge in [-0.2, -0.15) is 0 Å². The second-order valence-corrected chi connectivity index (χ2v) is 6.27. The van der Waals surface area contributed by atoms with Crippen molar-refractivity contribution < 1.29 is 0 Å². The van der Waals surface area contributed by atoms with Crippen molar-refractivity contribution in [3.63, 3.8) is 0 Å². The van der Waals surface area contributed by atoms with E-state index >= 15 is 0 Å².